The van der Waals surface area contributed by atoms with Gasteiger partial charge in [0.05, 0.1) is 12.5 Å². The highest BCUT2D eigenvalue weighted by molar-refractivity contribution is 5.95. The number of ether oxygens (including phenoxy) is 1. The maximum absolute atomic E-state index is 13.0. The minimum absolute atomic E-state index is 0.0587. The predicted octanol–water partition coefficient (Wildman–Crippen LogP) is 3.26. The zero-order chi connectivity index (χ0) is 19.7. The number of hydrogen-bond donors (Lipinski definition) is 2. The molecule has 3 heterocycles. The average Bonchev–Trinajstić information content (AvgIpc) is 3.10. The van der Waals surface area contributed by atoms with Gasteiger partial charge in [0.1, 0.15) is 23.7 Å². The van der Waals surface area contributed by atoms with Crippen molar-refractivity contribution in [2.24, 2.45) is 5.41 Å². The highest BCUT2D eigenvalue weighted by Gasteiger charge is 2.38. The number of piperidine rings is 1. The quantitative estimate of drug-likeness (QED) is 0.846. The number of fused-ring (bicyclic) bond motifs is 1. The van der Waals surface area contributed by atoms with Crippen molar-refractivity contribution in [3.63, 3.8) is 0 Å². The van der Waals surface area contributed by atoms with Crippen molar-refractivity contribution in [3.05, 3.63) is 36.2 Å². The number of carbonyl (C=O) groups is 1. The van der Waals surface area contributed by atoms with Gasteiger partial charge in [0, 0.05) is 42.9 Å². The zero-order valence-electron chi connectivity index (χ0n) is 16.7. The van der Waals surface area contributed by atoms with Crippen LogP contribution in [-0.2, 0) is 4.79 Å². The molecule has 7 heteroatoms. The number of methoxy groups -OCH3 is 1. The fraction of sp³-hybridized carbons (Fsp3) is 0.476. The van der Waals surface area contributed by atoms with Gasteiger partial charge >= 0.3 is 0 Å². The van der Waals surface area contributed by atoms with Gasteiger partial charge in [-0.2, -0.15) is 0 Å². The summed E-state index contributed by atoms with van der Waals surface area (Å²) in [6, 6.07) is 7.47. The normalized spacial score (nSPS) is 20.2. The van der Waals surface area contributed by atoms with Crippen molar-refractivity contribution < 1.29 is 9.53 Å². The number of hydrogen-bond acceptors (Lipinski definition) is 6. The maximum Gasteiger partial charge on any atom is 0.230 e. The molecule has 0 spiro atoms. The van der Waals surface area contributed by atoms with Crippen LogP contribution in [0.25, 0.3) is 0 Å². The largest absolute Gasteiger partial charge is 0.497 e. The van der Waals surface area contributed by atoms with Gasteiger partial charge in [0.25, 0.3) is 0 Å². The molecule has 1 aromatic heterocycles. The van der Waals surface area contributed by atoms with Crippen LogP contribution in [0.1, 0.15) is 38.2 Å². The molecule has 1 fully saturated rings. The number of anilines is 3. The Morgan fingerprint density at radius 2 is 2.11 bits per heavy atom. The first-order valence-corrected chi connectivity index (χ1v) is 9.79. The molecule has 1 saturated heterocycles. The molecule has 28 heavy (non-hydrogen) atoms. The first-order chi connectivity index (χ1) is 13.5. The predicted molar refractivity (Wildman–Crippen MR) is 110 cm³/mol. The van der Waals surface area contributed by atoms with Crippen LogP contribution in [-0.4, -0.2) is 42.6 Å². The fourth-order valence-electron chi connectivity index (χ4n) is 4.01. The number of carbonyl (C=O) groups excluding carboxylic acids is 1. The van der Waals surface area contributed by atoms with Crippen LogP contribution in [0.5, 0.6) is 5.75 Å². The smallest absolute Gasteiger partial charge is 0.230 e. The zero-order valence-corrected chi connectivity index (χ0v) is 16.7. The number of benzene rings is 1. The topological polar surface area (TPSA) is 79.4 Å². The molecule has 1 atom stereocenters. The van der Waals surface area contributed by atoms with E-state index in [0.29, 0.717) is 5.92 Å². The molecule has 1 amide bonds. The molecular formula is C21H27N5O2. The van der Waals surface area contributed by atoms with Crippen LogP contribution in [0, 0.1) is 5.41 Å². The van der Waals surface area contributed by atoms with E-state index in [0.717, 1.165) is 55.5 Å². The third-order valence-electron chi connectivity index (χ3n) is 5.97. The molecule has 1 aromatic carbocycles. The Balaban J connectivity index is 1.44. The molecule has 2 aromatic rings. The van der Waals surface area contributed by atoms with E-state index in [2.05, 4.69) is 39.3 Å². The molecule has 0 bridgehead atoms. The van der Waals surface area contributed by atoms with E-state index in [4.69, 9.17) is 4.74 Å². The Morgan fingerprint density at radius 3 is 2.86 bits per heavy atom. The van der Waals surface area contributed by atoms with Crippen LogP contribution >= 0.6 is 0 Å². The van der Waals surface area contributed by atoms with Crippen LogP contribution in [0.3, 0.4) is 0 Å². The van der Waals surface area contributed by atoms with E-state index in [9.17, 15) is 4.79 Å². The molecule has 2 aliphatic rings. The number of nitrogens with zero attached hydrogens (tertiary/aromatic N) is 3. The van der Waals surface area contributed by atoms with E-state index in [-0.39, 0.29) is 5.91 Å². The summed E-state index contributed by atoms with van der Waals surface area (Å²) in [5, 5.41) is 6.41. The summed E-state index contributed by atoms with van der Waals surface area (Å²) < 4.78 is 5.24. The molecule has 4 rings (SSSR count). The molecule has 148 valence electrons. The van der Waals surface area contributed by atoms with Crippen molar-refractivity contribution in [3.8, 4) is 5.75 Å². The van der Waals surface area contributed by atoms with Gasteiger partial charge < -0.3 is 20.3 Å². The molecule has 2 aliphatic heterocycles. The third-order valence-corrected chi connectivity index (χ3v) is 5.97. The molecule has 0 radical (unpaired) electrons. The number of aromatic nitrogens is 2. The standard InChI is InChI=1S/C21H27N5O2/c1-14-12-22-18-17(14)19(24-13-23-18)26-9-7-21(2,8-10-26)20(27)25-15-5-4-6-16(11-15)28-3/h4-6,11,13-14H,7-10,12H2,1-3H3,(H,25,27)(H,22,23,24). The number of nitrogens with one attached hydrogen (secondary N) is 2. The minimum atomic E-state index is -0.403. The highest BCUT2D eigenvalue weighted by Crippen LogP contribution is 2.39. The van der Waals surface area contributed by atoms with E-state index in [1.54, 1.807) is 13.4 Å². The van der Waals surface area contributed by atoms with Crippen molar-refractivity contribution in [1.29, 1.82) is 0 Å². The monoisotopic (exact) mass is 381 g/mol. The van der Waals surface area contributed by atoms with E-state index >= 15 is 0 Å². The average molecular weight is 381 g/mol. The van der Waals surface area contributed by atoms with Crippen molar-refractivity contribution in [2.75, 3.05) is 42.3 Å². The lowest BCUT2D eigenvalue weighted by molar-refractivity contribution is -0.125. The second kappa shape index (κ2) is 7.30. The van der Waals surface area contributed by atoms with E-state index < -0.39 is 5.41 Å². The summed E-state index contributed by atoms with van der Waals surface area (Å²) in [6.45, 7) is 6.75. The first-order valence-electron chi connectivity index (χ1n) is 9.79. The van der Waals surface area contributed by atoms with Gasteiger partial charge in [-0.05, 0) is 25.0 Å². The maximum atomic E-state index is 13.0. The Bertz CT molecular complexity index is 877. The summed E-state index contributed by atoms with van der Waals surface area (Å²) in [5.41, 5.74) is 1.56. The second-order valence-electron chi connectivity index (χ2n) is 7.98. The van der Waals surface area contributed by atoms with Gasteiger partial charge in [-0.15, -0.1) is 0 Å². The van der Waals surface area contributed by atoms with Crippen molar-refractivity contribution >= 4 is 23.2 Å². The first kappa shape index (κ1) is 18.5. The van der Waals surface area contributed by atoms with Gasteiger partial charge in [-0.3, -0.25) is 4.79 Å². The van der Waals surface area contributed by atoms with Gasteiger partial charge in [0.2, 0.25) is 5.91 Å². The summed E-state index contributed by atoms with van der Waals surface area (Å²) >= 11 is 0. The molecule has 0 saturated carbocycles. The summed E-state index contributed by atoms with van der Waals surface area (Å²) in [4.78, 5) is 24.2. The summed E-state index contributed by atoms with van der Waals surface area (Å²) in [7, 11) is 1.62. The molecule has 2 N–H and O–H groups in total. The van der Waals surface area contributed by atoms with E-state index in [1.165, 1.54) is 5.56 Å². The van der Waals surface area contributed by atoms with Crippen LogP contribution in [0.15, 0.2) is 30.6 Å². The lowest BCUT2D eigenvalue weighted by Crippen LogP contribution is -2.45. The number of rotatable bonds is 4. The second-order valence-corrected chi connectivity index (χ2v) is 7.98. The molecule has 7 nitrogen and oxygen atoms in total. The fourth-order valence-corrected chi connectivity index (χ4v) is 4.01. The highest BCUT2D eigenvalue weighted by atomic mass is 16.5. The Morgan fingerprint density at radius 1 is 1.32 bits per heavy atom. The molecule has 1 unspecified atom stereocenters. The van der Waals surface area contributed by atoms with Crippen LogP contribution in [0.4, 0.5) is 17.3 Å². The summed E-state index contributed by atoms with van der Waals surface area (Å²) in [5.74, 6) is 3.15. The Labute approximate surface area is 165 Å². The van der Waals surface area contributed by atoms with Gasteiger partial charge in [-0.1, -0.05) is 19.9 Å². The molecular weight excluding hydrogens is 354 g/mol. The Kier molecular flexibility index (Phi) is 4.83. The molecule has 0 aliphatic carbocycles. The van der Waals surface area contributed by atoms with Crippen LogP contribution in [0.2, 0.25) is 0 Å². The minimum Gasteiger partial charge on any atom is -0.497 e. The lowest BCUT2D eigenvalue weighted by atomic mass is 9.79. The summed E-state index contributed by atoms with van der Waals surface area (Å²) in [6.07, 6.45) is 3.19. The number of amides is 1. The Hall–Kier alpha value is -2.83. The SMILES string of the molecule is COc1cccc(NC(=O)C2(C)CCN(c3ncnc4c3C(C)CN4)CC2)c1. The third kappa shape index (κ3) is 3.37. The lowest BCUT2D eigenvalue weighted by Gasteiger charge is -2.39. The van der Waals surface area contributed by atoms with Gasteiger partial charge in [-0.25, -0.2) is 9.97 Å². The van der Waals surface area contributed by atoms with E-state index in [1.807, 2.05) is 24.3 Å². The van der Waals surface area contributed by atoms with Crippen LogP contribution < -0.4 is 20.3 Å². The van der Waals surface area contributed by atoms with Crippen molar-refractivity contribution in [2.45, 2.75) is 32.6 Å². The van der Waals surface area contributed by atoms with Crippen molar-refractivity contribution in [1.82, 2.24) is 9.97 Å². The van der Waals surface area contributed by atoms with Gasteiger partial charge in [0.15, 0.2) is 0 Å².